The minimum Gasteiger partial charge on any atom is -0.368 e. The first kappa shape index (κ1) is 12.9. The minimum absolute atomic E-state index is 0.240. The Balaban J connectivity index is 2.94. The van der Waals surface area contributed by atoms with Gasteiger partial charge in [-0.1, -0.05) is 0 Å². The molecule has 0 aromatic carbocycles. The quantitative estimate of drug-likeness (QED) is 0.409. The lowest BCUT2D eigenvalue weighted by atomic mass is 10.0. The molecular weight excluding hydrogens is 222 g/mol. The summed E-state index contributed by atoms with van der Waals surface area (Å²) in [5, 5.41) is 2.50. The molecule has 0 spiro atoms. The van der Waals surface area contributed by atoms with Crippen molar-refractivity contribution in [3.63, 3.8) is 0 Å². The highest BCUT2D eigenvalue weighted by Gasteiger charge is 2.28. The van der Waals surface area contributed by atoms with Gasteiger partial charge in [0.2, 0.25) is 5.91 Å². The Bertz CT molecular complexity index is 444. The fourth-order valence-corrected chi connectivity index (χ4v) is 1.11. The van der Waals surface area contributed by atoms with E-state index in [0.29, 0.717) is 5.69 Å². The van der Waals surface area contributed by atoms with E-state index in [2.05, 4.69) is 15.7 Å². The monoisotopic (exact) mass is 237 g/mol. The molecule has 6 N–H and O–H groups in total. The molecule has 0 aliphatic rings. The van der Waals surface area contributed by atoms with Crippen LogP contribution in [0.2, 0.25) is 0 Å². The van der Waals surface area contributed by atoms with Crippen LogP contribution < -0.4 is 22.3 Å². The second-order valence-corrected chi connectivity index (χ2v) is 4.01. The van der Waals surface area contributed by atoms with Gasteiger partial charge in [-0.05, 0) is 19.9 Å². The lowest BCUT2D eigenvalue weighted by Gasteiger charge is -2.22. The van der Waals surface area contributed by atoms with Crippen LogP contribution in [0.25, 0.3) is 0 Å². The molecule has 1 heterocycles. The highest BCUT2D eigenvalue weighted by atomic mass is 16.2. The lowest BCUT2D eigenvalue weighted by Crippen LogP contribution is -2.53. The van der Waals surface area contributed by atoms with Gasteiger partial charge in [0.05, 0.1) is 11.3 Å². The summed E-state index contributed by atoms with van der Waals surface area (Å²) in [4.78, 5) is 26.8. The van der Waals surface area contributed by atoms with Crippen molar-refractivity contribution in [2.75, 3.05) is 5.43 Å². The van der Waals surface area contributed by atoms with Crippen LogP contribution in [0.4, 0.5) is 5.69 Å². The summed E-state index contributed by atoms with van der Waals surface area (Å²) in [5.74, 6) is 4.16. The van der Waals surface area contributed by atoms with Crippen LogP contribution in [-0.4, -0.2) is 22.3 Å². The third-order valence-corrected chi connectivity index (χ3v) is 2.26. The number of hydrazine groups is 1. The Morgan fingerprint density at radius 1 is 1.41 bits per heavy atom. The third kappa shape index (κ3) is 2.91. The predicted molar refractivity (Wildman–Crippen MR) is 62.8 cm³/mol. The van der Waals surface area contributed by atoms with E-state index in [4.69, 9.17) is 11.6 Å². The summed E-state index contributed by atoms with van der Waals surface area (Å²) in [6.45, 7) is 3.03. The van der Waals surface area contributed by atoms with E-state index in [1.54, 1.807) is 6.07 Å². The number of nitrogen functional groups attached to an aromatic ring is 1. The van der Waals surface area contributed by atoms with E-state index in [1.807, 2.05) is 0 Å². The molecule has 7 nitrogen and oxygen atoms in total. The number of anilines is 1. The first-order valence-electron chi connectivity index (χ1n) is 4.91. The van der Waals surface area contributed by atoms with Crippen molar-refractivity contribution in [1.82, 2.24) is 10.3 Å². The molecule has 2 amide bonds. The average molecular weight is 237 g/mol. The number of nitrogens with zero attached hydrogens (tertiary/aromatic N) is 1. The number of nitrogens with one attached hydrogen (secondary N) is 2. The van der Waals surface area contributed by atoms with Crippen LogP contribution in [0.3, 0.4) is 0 Å². The maximum Gasteiger partial charge on any atom is 0.255 e. The topological polar surface area (TPSA) is 123 Å². The molecule has 0 saturated carbocycles. The van der Waals surface area contributed by atoms with E-state index < -0.39 is 17.4 Å². The number of carbonyl (C=O) groups excluding carboxylic acids is 2. The molecule has 0 atom stereocenters. The van der Waals surface area contributed by atoms with Gasteiger partial charge in [-0.2, -0.15) is 0 Å². The van der Waals surface area contributed by atoms with Crippen LogP contribution in [-0.2, 0) is 4.79 Å². The van der Waals surface area contributed by atoms with Gasteiger partial charge in [0.1, 0.15) is 5.54 Å². The van der Waals surface area contributed by atoms with Gasteiger partial charge in [0.15, 0.2) is 0 Å². The van der Waals surface area contributed by atoms with E-state index in [1.165, 1.54) is 26.2 Å². The summed E-state index contributed by atoms with van der Waals surface area (Å²) in [6, 6.07) is 1.55. The lowest BCUT2D eigenvalue weighted by molar-refractivity contribution is -0.122. The van der Waals surface area contributed by atoms with Crippen LogP contribution in [0.15, 0.2) is 18.5 Å². The van der Waals surface area contributed by atoms with Crippen molar-refractivity contribution in [3.8, 4) is 0 Å². The van der Waals surface area contributed by atoms with Crippen molar-refractivity contribution in [1.29, 1.82) is 0 Å². The van der Waals surface area contributed by atoms with Crippen LogP contribution in [0, 0.1) is 0 Å². The first-order valence-corrected chi connectivity index (χ1v) is 4.91. The van der Waals surface area contributed by atoms with Crippen molar-refractivity contribution < 1.29 is 9.59 Å². The minimum atomic E-state index is -1.14. The SMILES string of the molecule is CC(C)(NC(=O)c1cnccc1NN)C(N)=O. The number of primary amides is 1. The molecule has 0 fully saturated rings. The fraction of sp³-hybridized carbons (Fsp3) is 0.300. The standard InChI is InChI=1S/C10H15N5O2/c1-10(2,9(11)17)14-8(16)6-5-13-4-3-7(6)15-12/h3-5H,12H2,1-2H3,(H2,11,17)(H,13,15)(H,14,16). The molecule has 0 bridgehead atoms. The summed E-state index contributed by atoms with van der Waals surface area (Å²) < 4.78 is 0. The molecule has 0 unspecified atom stereocenters. The van der Waals surface area contributed by atoms with Crippen molar-refractivity contribution in [2.45, 2.75) is 19.4 Å². The molecule has 1 rings (SSSR count). The van der Waals surface area contributed by atoms with Gasteiger partial charge in [-0.25, -0.2) is 0 Å². The van der Waals surface area contributed by atoms with E-state index >= 15 is 0 Å². The summed E-state index contributed by atoms with van der Waals surface area (Å²) in [5.41, 5.74) is 7.05. The van der Waals surface area contributed by atoms with Crippen molar-refractivity contribution in [2.24, 2.45) is 11.6 Å². The summed E-state index contributed by atoms with van der Waals surface area (Å²) in [6.07, 6.45) is 2.84. The molecule has 17 heavy (non-hydrogen) atoms. The van der Waals surface area contributed by atoms with E-state index in [-0.39, 0.29) is 5.56 Å². The summed E-state index contributed by atoms with van der Waals surface area (Å²) in [7, 11) is 0. The van der Waals surface area contributed by atoms with Gasteiger partial charge in [0, 0.05) is 12.4 Å². The normalized spacial score (nSPS) is 10.8. The van der Waals surface area contributed by atoms with Gasteiger partial charge < -0.3 is 16.5 Å². The zero-order chi connectivity index (χ0) is 13.1. The van der Waals surface area contributed by atoms with E-state index in [9.17, 15) is 9.59 Å². The number of pyridine rings is 1. The number of amides is 2. The average Bonchev–Trinajstić information content (AvgIpc) is 2.28. The molecular formula is C10H15N5O2. The third-order valence-electron chi connectivity index (χ3n) is 2.26. The highest BCUT2D eigenvalue weighted by Crippen LogP contribution is 2.13. The second-order valence-electron chi connectivity index (χ2n) is 4.01. The number of nitrogens with two attached hydrogens (primary N) is 2. The van der Waals surface area contributed by atoms with Gasteiger partial charge in [0.25, 0.3) is 5.91 Å². The Morgan fingerprint density at radius 3 is 2.59 bits per heavy atom. The smallest absolute Gasteiger partial charge is 0.255 e. The van der Waals surface area contributed by atoms with Crippen LogP contribution in [0.5, 0.6) is 0 Å². The second kappa shape index (κ2) is 4.79. The summed E-state index contributed by atoms with van der Waals surface area (Å²) >= 11 is 0. The molecule has 1 aromatic heterocycles. The molecule has 7 heteroatoms. The number of carbonyl (C=O) groups is 2. The number of hydrogen-bond donors (Lipinski definition) is 4. The fourth-order valence-electron chi connectivity index (χ4n) is 1.11. The van der Waals surface area contributed by atoms with Crippen molar-refractivity contribution >= 4 is 17.5 Å². The van der Waals surface area contributed by atoms with Crippen LogP contribution >= 0.6 is 0 Å². The first-order chi connectivity index (χ1) is 7.88. The molecule has 0 radical (unpaired) electrons. The number of hydrogen-bond acceptors (Lipinski definition) is 5. The molecule has 0 aliphatic carbocycles. The zero-order valence-corrected chi connectivity index (χ0v) is 9.65. The van der Waals surface area contributed by atoms with Crippen LogP contribution in [0.1, 0.15) is 24.2 Å². The molecule has 1 aromatic rings. The Morgan fingerprint density at radius 2 is 2.06 bits per heavy atom. The predicted octanol–water partition coefficient (Wildman–Crippen LogP) is -0.639. The number of rotatable bonds is 4. The molecule has 92 valence electrons. The van der Waals surface area contributed by atoms with Crippen molar-refractivity contribution in [3.05, 3.63) is 24.0 Å². The maximum absolute atomic E-state index is 11.9. The molecule has 0 saturated heterocycles. The van der Waals surface area contributed by atoms with Gasteiger partial charge >= 0.3 is 0 Å². The zero-order valence-electron chi connectivity index (χ0n) is 9.65. The highest BCUT2D eigenvalue weighted by molar-refractivity contribution is 6.02. The van der Waals surface area contributed by atoms with Gasteiger partial charge in [-0.3, -0.25) is 20.4 Å². The molecule has 0 aliphatic heterocycles. The van der Waals surface area contributed by atoms with Gasteiger partial charge in [-0.15, -0.1) is 0 Å². The Hall–Kier alpha value is -2.15. The van der Waals surface area contributed by atoms with E-state index in [0.717, 1.165) is 0 Å². The Labute approximate surface area is 98.5 Å². The largest absolute Gasteiger partial charge is 0.368 e. The maximum atomic E-state index is 11.9. The number of aromatic nitrogens is 1. The Kier molecular flexibility index (Phi) is 3.64.